The molecule has 2 heterocycles. The molecule has 13 heavy (non-hydrogen) atoms. The molecule has 2 aromatic heterocycles. The van der Waals surface area contributed by atoms with E-state index in [1.165, 1.54) is 6.20 Å². The molecule has 0 saturated carbocycles. The minimum Gasteiger partial charge on any atom is -0.329 e. The Balaban J connectivity index is 2.92. The molecule has 5 nitrogen and oxygen atoms in total. The van der Waals surface area contributed by atoms with Gasteiger partial charge in [-0.05, 0) is 6.07 Å². The number of aromatic amines is 1. The Morgan fingerprint density at radius 1 is 1.38 bits per heavy atom. The molecule has 0 amide bonds. The minimum atomic E-state index is -0.165. The van der Waals surface area contributed by atoms with Crippen molar-refractivity contribution >= 4 is 16.5 Å². The Hall–Kier alpha value is -1.88. The summed E-state index contributed by atoms with van der Waals surface area (Å²) in [5.74, 6) is 5.26. The number of nitrogens with one attached hydrogen (secondary N) is 2. The fraction of sp³-hybridized carbons (Fsp3) is 0. The lowest BCUT2D eigenvalue weighted by molar-refractivity contribution is 1.24. The second kappa shape index (κ2) is 2.87. The summed E-state index contributed by atoms with van der Waals surface area (Å²) in [6.45, 7) is 0. The zero-order valence-electron chi connectivity index (χ0n) is 6.74. The molecule has 0 radical (unpaired) electrons. The second-order valence-corrected chi connectivity index (χ2v) is 2.60. The zero-order chi connectivity index (χ0) is 9.26. The first-order valence-corrected chi connectivity index (χ1v) is 3.75. The fourth-order valence-corrected chi connectivity index (χ4v) is 1.22. The molecule has 2 aromatic rings. The van der Waals surface area contributed by atoms with E-state index >= 15 is 0 Å². The average molecular weight is 176 g/mol. The van der Waals surface area contributed by atoms with Crippen molar-refractivity contribution in [2.45, 2.75) is 0 Å². The van der Waals surface area contributed by atoms with Gasteiger partial charge in [0.2, 0.25) is 0 Å². The maximum Gasteiger partial charge on any atom is 0.257 e. The first kappa shape index (κ1) is 7.75. The average Bonchev–Trinajstić information content (AvgIpc) is 2.18. The molecule has 0 bridgehead atoms. The van der Waals surface area contributed by atoms with E-state index in [0.29, 0.717) is 11.1 Å². The van der Waals surface area contributed by atoms with Crippen LogP contribution in [0.5, 0.6) is 0 Å². The van der Waals surface area contributed by atoms with Crippen LogP contribution in [0.4, 0.5) is 5.69 Å². The summed E-state index contributed by atoms with van der Waals surface area (Å²) in [6, 6.07) is 1.77. The van der Waals surface area contributed by atoms with Gasteiger partial charge in [0.25, 0.3) is 5.56 Å². The highest BCUT2D eigenvalue weighted by molar-refractivity contribution is 5.91. The molecule has 0 saturated heterocycles. The van der Waals surface area contributed by atoms with Gasteiger partial charge in [0, 0.05) is 17.8 Å². The number of anilines is 1. The number of nitrogens with zero attached hydrogens (tertiary/aromatic N) is 1. The number of nitrogens with two attached hydrogens (primary N) is 1. The molecule has 0 aliphatic heterocycles. The molecule has 0 atom stereocenters. The SMILES string of the molecule is NNc1cncc2c(=O)[nH]ccc12. The van der Waals surface area contributed by atoms with E-state index in [0.717, 1.165) is 5.39 Å². The lowest BCUT2D eigenvalue weighted by atomic mass is 10.2. The molecular formula is C8H8N4O. The van der Waals surface area contributed by atoms with E-state index in [1.54, 1.807) is 18.5 Å². The fourth-order valence-electron chi connectivity index (χ4n) is 1.22. The smallest absolute Gasteiger partial charge is 0.257 e. The van der Waals surface area contributed by atoms with Crippen LogP contribution in [-0.4, -0.2) is 9.97 Å². The number of pyridine rings is 2. The van der Waals surface area contributed by atoms with Gasteiger partial charge >= 0.3 is 0 Å². The molecular weight excluding hydrogens is 168 g/mol. The van der Waals surface area contributed by atoms with Crippen LogP contribution in [0.25, 0.3) is 10.8 Å². The lowest BCUT2D eigenvalue weighted by Gasteiger charge is -2.02. The van der Waals surface area contributed by atoms with Crippen LogP contribution in [0.3, 0.4) is 0 Å². The number of hydrazine groups is 1. The van der Waals surface area contributed by atoms with Crippen LogP contribution < -0.4 is 16.8 Å². The normalized spacial score (nSPS) is 10.2. The highest BCUT2D eigenvalue weighted by Gasteiger charge is 2.01. The highest BCUT2D eigenvalue weighted by atomic mass is 16.1. The summed E-state index contributed by atoms with van der Waals surface area (Å²) in [7, 11) is 0. The highest BCUT2D eigenvalue weighted by Crippen LogP contribution is 2.16. The van der Waals surface area contributed by atoms with Gasteiger partial charge in [0.05, 0.1) is 17.3 Å². The van der Waals surface area contributed by atoms with Gasteiger partial charge in [-0.1, -0.05) is 0 Å². The minimum absolute atomic E-state index is 0.165. The number of H-pyrrole nitrogens is 1. The van der Waals surface area contributed by atoms with Crippen molar-refractivity contribution in [3.05, 3.63) is 35.0 Å². The van der Waals surface area contributed by atoms with E-state index in [2.05, 4.69) is 15.4 Å². The third-order valence-electron chi connectivity index (χ3n) is 1.85. The van der Waals surface area contributed by atoms with E-state index < -0.39 is 0 Å². The van der Waals surface area contributed by atoms with Crippen LogP contribution in [0.1, 0.15) is 0 Å². The van der Waals surface area contributed by atoms with Crippen molar-refractivity contribution in [3.63, 3.8) is 0 Å². The number of hydrogen-bond donors (Lipinski definition) is 3. The lowest BCUT2D eigenvalue weighted by Crippen LogP contribution is -2.10. The standard InChI is InChI=1S/C8H8N4O/c9-12-7-4-10-3-6-5(7)1-2-11-8(6)13/h1-4,12H,9H2,(H,11,13). The van der Waals surface area contributed by atoms with Gasteiger partial charge in [0.1, 0.15) is 0 Å². The quantitative estimate of drug-likeness (QED) is 0.428. The number of rotatable bonds is 1. The van der Waals surface area contributed by atoms with Gasteiger partial charge in [-0.25, -0.2) is 0 Å². The molecule has 0 aliphatic rings. The van der Waals surface area contributed by atoms with Gasteiger partial charge in [-0.15, -0.1) is 0 Å². The summed E-state index contributed by atoms with van der Waals surface area (Å²) < 4.78 is 0. The predicted octanol–water partition coefficient (Wildman–Crippen LogP) is 0.209. The Labute approximate surface area is 73.6 Å². The second-order valence-electron chi connectivity index (χ2n) is 2.60. The first-order chi connectivity index (χ1) is 6.33. The maximum atomic E-state index is 11.3. The van der Waals surface area contributed by atoms with Crippen LogP contribution >= 0.6 is 0 Å². The molecule has 0 fully saturated rings. The summed E-state index contributed by atoms with van der Waals surface area (Å²) in [5.41, 5.74) is 2.96. The first-order valence-electron chi connectivity index (χ1n) is 3.75. The van der Waals surface area contributed by atoms with Gasteiger partial charge in [-0.2, -0.15) is 0 Å². The number of nitrogen functional groups attached to an aromatic ring is 1. The van der Waals surface area contributed by atoms with Gasteiger partial charge in [-0.3, -0.25) is 15.6 Å². The number of hydrogen-bond acceptors (Lipinski definition) is 4. The van der Waals surface area contributed by atoms with Crippen LogP contribution in [-0.2, 0) is 0 Å². The molecule has 0 unspecified atom stereocenters. The number of fused-ring (bicyclic) bond motifs is 1. The summed E-state index contributed by atoms with van der Waals surface area (Å²) in [5, 5.41) is 1.29. The van der Waals surface area contributed by atoms with Crippen LogP contribution in [0.2, 0.25) is 0 Å². The van der Waals surface area contributed by atoms with Crippen molar-refractivity contribution in [1.82, 2.24) is 9.97 Å². The summed E-state index contributed by atoms with van der Waals surface area (Å²) in [4.78, 5) is 17.7. The Morgan fingerprint density at radius 3 is 3.00 bits per heavy atom. The Morgan fingerprint density at radius 2 is 2.23 bits per heavy atom. The van der Waals surface area contributed by atoms with Crippen molar-refractivity contribution in [1.29, 1.82) is 0 Å². The molecule has 66 valence electrons. The van der Waals surface area contributed by atoms with Gasteiger partial charge < -0.3 is 10.4 Å². The largest absolute Gasteiger partial charge is 0.329 e. The molecule has 4 N–H and O–H groups in total. The molecule has 5 heteroatoms. The Bertz CT molecular complexity index is 491. The topological polar surface area (TPSA) is 83.8 Å². The van der Waals surface area contributed by atoms with E-state index in [4.69, 9.17) is 5.84 Å². The van der Waals surface area contributed by atoms with Crippen LogP contribution in [0, 0.1) is 0 Å². The molecule has 0 aromatic carbocycles. The predicted molar refractivity (Wildman–Crippen MR) is 50.2 cm³/mol. The molecule has 0 aliphatic carbocycles. The third kappa shape index (κ3) is 1.15. The van der Waals surface area contributed by atoms with E-state index in [9.17, 15) is 4.79 Å². The molecule has 0 spiro atoms. The van der Waals surface area contributed by atoms with Crippen molar-refractivity contribution < 1.29 is 0 Å². The van der Waals surface area contributed by atoms with E-state index in [-0.39, 0.29) is 5.56 Å². The van der Waals surface area contributed by atoms with Gasteiger partial charge in [0.15, 0.2) is 0 Å². The van der Waals surface area contributed by atoms with Crippen molar-refractivity contribution in [2.75, 3.05) is 5.43 Å². The van der Waals surface area contributed by atoms with Crippen molar-refractivity contribution in [2.24, 2.45) is 5.84 Å². The molecule has 2 rings (SSSR count). The summed E-state index contributed by atoms with van der Waals surface area (Å²) >= 11 is 0. The van der Waals surface area contributed by atoms with E-state index in [1.807, 2.05) is 0 Å². The Kier molecular flexibility index (Phi) is 1.71. The number of aromatic nitrogens is 2. The summed E-state index contributed by atoms with van der Waals surface area (Å²) in [6.07, 6.45) is 4.66. The third-order valence-corrected chi connectivity index (χ3v) is 1.85. The zero-order valence-corrected chi connectivity index (χ0v) is 6.74. The maximum absolute atomic E-state index is 11.3. The van der Waals surface area contributed by atoms with Crippen LogP contribution in [0.15, 0.2) is 29.5 Å². The monoisotopic (exact) mass is 176 g/mol. The van der Waals surface area contributed by atoms with Crippen molar-refractivity contribution in [3.8, 4) is 0 Å².